The summed E-state index contributed by atoms with van der Waals surface area (Å²) < 4.78 is 0. The number of piperazine rings is 1. The van der Waals surface area contributed by atoms with E-state index in [0.29, 0.717) is 18.6 Å². The van der Waals surface area contributed by atoms with Crippen LogP contribution in [0.4, 0.5) is 11.4 Å². The third kappa shape index (κ3) is 7.37. The SMILES string of the molecule is C[C@@H]1CCN(CC(=O)N2CCN(c3cccc(Cl)c3)CC2)C1.Cc1cc(NC=O)ccc1O. The zero-order chi connectivity index (χ0) is 23.8. The molecular formula is C25H33ClN4O3. The molecule has 0 radical (unpaired) electrons. The number of carbonyl (C=O) groups excluding carboxylic acids is 2. The molecule has 0 bridgehead atoms. The molecule has 0 aromatic heterocycles. The van der Waals surface area contributed by atoms with E-state index in [-0.39, 0.29) is 11.7 Å². The number of likely N-dealkylation sites (tertiary alicyclic amines) is 1. The summed E-state index contributed by atoms with van der Waals surface area (Å²) in [7, 11) is 0. The number of halogens is 1. The zero-order valence-electron chi connectivity index (χ0n) is 19.3. The molecule has 1 atom stereocenters. The van der Waals surface area contributed by atoms with Crippen molar-refractivity contribution in [2.24, 2.45) is 5.92 Å². The largest absolute Gasteiger partial charge is 0.508 e. The van der Waals surface area contributed by atoms with Gasteiger partial charge < -0.3 is 20.2 Å². The van der Waals surface area contributed by atoms with Crippen LogP contribution < -0.4 is 10.2 Å². The highest BCUT2D eigenvalue weighted by atomic mass is 35.5. The predicted octanol–water partition coefficient (Wildman–Crippen LogP) is 3.60. The van der Waals surface area contributed by atoms with Gasteiger partial charge in [-0.3, -0.25) is 14.5 Å². The number of rotatable bonds is 5. The first-order valence-electron chi connectivity index (χ1n) is 11.4. The fourth-order valence-electron chi connectivity index (χ4n) is 4.16. The van der Waals surface area contributed by atoms with Gasteiger partial charge in [-0.25, -0.2) is 0 Å². The van der Waals surface area contributed by atoms with Crippen molar-refractivity contribution in [1.29, 1.82) is 0 Å². The summed E-state index contributed by atoms with van der Waals surface area (Å²) in [6.07, 6.45) is 1.82. The van der Waals surface area contributed by atoms with E-state index in [4.69, 9.17) is 16.7 Å². The average molecular weight is 473 g/mol. The molecule has 0 saturated carbocycles. The fraction of sp³-hybridized carbons (Fsp3) is 0.440. The van der Waals surface area contributed by atoms with Gasteiger partial charge >= 0.3 is 0 Å². The van der Waals surface area contributed by atoms with Crippen molar-refractivity contribution in [2.45, 2.75) is 20.3 Å². The molecule has 178 valence electrons. The number of aryl methyl sites for hydroxylation is 1. The summed E-state index contributed by atoms with van der Waals surface area (Å²) in [5.41, 5.74) is 2.58. The van der Waals surface area contributed by atoms with Crippen molar-refractivity contribution < 1.29 is 14.7 Å². The third-order valence-corrected chi connectivity index (χ3v) is 6.33. The summed E-state index contributed by atoms with van der Waals surface area (Å²) in [4.78, 5) is 29.0. The average Bonchev–Trinajstić information content (AvgIpc) is 3.21. The monoisotopic (exact) mass is 472 g/mol. The van der Waals surface area contributed by atoms with Gasteiger partial charge in [-0.1, -0.05) is 24.6 Å². The van der Waals surface area contributed by atoms with Crippen LogP contribution in [0.3, 0.4) is 0 Å². The van der Waals surface area contributed by atoms with E-state index >= 15 is 0 Å². The quantitative estimate of drug-likeness (QED) is 0.513. The minimum atomic E-state index is 0.237. The molecule has 7 nitrogen and oxygen atoms in total. The molecule has 0 unspecified atom stereocenters. The second kappa shape index (κ2) is 11.9. The Hall–Kier alpha value is -2.77. The van der Waals surface area contributed by atoms with Gasteiger partial charge in [-0.05, 0) is 67.8 Å². The number of phenolic OH excluding ortho intramolecular Hbond substituents is 1. The maximum atomic E-state index is 12.4. The van der Waals surface area contributed by atoms with Gasteiger partial charge in [0.25, 0.3) is 0 Å². The lowest BCUT2D eigenvalue weighted by Gasteiger charge is -2.36. The van der Waals surface area contributed by atoms with E-state index in [2.05, 4.69) is 28.1 Å². The maximum Gasteiger partial charge on any atom is 0.236 e. The van der Waals surface area contributed by atoms with Crippen molar-refractivity contribution in [1.82, 2.24) is 9.80 Å². The number of carbonyl (C=O) groups is 2. The first kappa shape index (κ1) is 24.9. The van der Waals surface area contributed by atoms with Crippen LogP contribution in [0, 0.1) is 12.8 Å². The highest BCUT2D eigenvalue weighted by Gasteiger charge is 2.25. The van der Waals surface area contributed by atoms with Crippen molar-refractivity contribution >= 4 is 35.3 Å². The lowest BCUT2D eigenvalue weighted by Crippen LogP contribution is -2.51. The second-order valence-corrected chi connectivity index (χ2v) is 9.18. The summed E-state index contributed by atoms with van der Waals surface area (Å²) >= 11 is 6.05. The van der Waals surface area contributed by atoms with Gasteiger partial charge in [-0.15, -0.1) is 0 Å². The number of hydrogen-bond acceptors (Lipinski definition) is 5. The van der Waals surface area contributed by atoms with Crippen LogP contribution in [0.1, 0.15) is 18.9 Å². The van der Waals surface area contributed by atoms with Gasteiger partial charge in [0.05, 0.1) is 6.54 Å². The van der Waals surface area contributed by atoms with Crippen LogP contribution >= 0.6 is 11.6 Å². The van der Waals surface area contributed by atoms with E-state index < -0.39 is 0 Å². The fourth-order valence-corrected chi connectivity index (χ4v) is 4.35. The lowest BCUT2D eigenvalue weighted by atomic mass is 10.2. The van der Waals surface area contributed by atoms with E-state index in [1.165, 1.54) is 6.42 Å². The number of aromatic hydroxyl groups is 1. The minimum Gasteiger partial charge on any atom is -0.508 e. The summed E-state index contributed by atoms with van der Waals surface area (Å²) in [6.45, 7) is 10.1. The minimum absolute atomic E-state index is 0.237. The second-order valence-electron chi connectivity index (χ2n) is 8.74. The van der Waals surface area contributed by atoms with Crippen molar-refractivity contribution in [3.05, 3.63) is 53.1 Å². The molecule has 2 aliphatic rings. The molecule has 8 heteroatoms. The standard InChI is InChI=1S/C17H24ClN3O.C8H9NO2/c1-14-5-6-19(12-14)13-17(22)21-9-7-20(8-10-21)16-4-2-3-15(18)11-16;1-6-4-7(9-5-10)2-3-8(6)11/h2-4,11,14H,5-10,12-13H2,1H3;2-5,11H,1H3,(H,9,10)/t14-;/m1./s1. The number of benzene rings is 2. The van der Waals surface area contributed by atoms with Crippen molar-refractivity contribution in [3.63, 3.8) is 0 Å². The first-order chi connectivity index (χ1) is 15.9. The van der Waals surface area contributed by atoms with Crippen molar-refractivity contribution in [3.8, 4) is 5.75 Å². The Morgan fingerprint density at radius 3 is 2.52 bits per heavy atom. The maximum absolute atomic E-state index is 12.4. The Kier molecular flexibility index (Phi) is 8.97. The molecule has 33 heavy (non-hydrogen) atoms. The predicted molar refractivity (Wildman–Crippen MR) is 133 cm³/mol. The normalized spacial score (nSPS) is 18.5. The zero-order valence-corrected chi connectivity index (χ0v) is 20.1. The molecule has 2 saturated heterocycles. The Morgan fingerprint density at radius 1 is 1.15 bits per heavy atom. The summed E-state index contributed by atoms with van der Waals surface area (Å²) in [6, 6.07) is 12.8. The molecular weight excluding hydrogens is 440 g/mol. The number of anilines is 2. The van der Waals surface area contributed by atoms with Crippen LogP contribution in [0.25, 0.3) is 0 Å². The van der Waals surface area contributed by atoms with Gasteiger partial charge in [-0.2, -0.15) is 0 Å². The Labute approximate surface area is 200 Å². The molecule has 2 aromatic carbocycles. The summed E-state index contributed by atoms with van der Waals surface area (Å²) in [5.74, 6) is 1.24. The third-order valence-electron chi connectivity index (χ3n) is 6.09. The van der Waals surface area contributed by atoms with E-state index in [9.17, 15) is 9.59 Å². The van der Waals surface area contributed by atoms with Crippen molar-refractivity contribution in [2.75, 3.05) is 56.0 Å². The van der Waals surface area contributed by atoms with E-state index in [0.717, 1.165) is 61.5 Å². The number of nitrogens with one attached hydrogen (secondary N) is 1. The Bertz CT molecular complexity index is 947. The molecule has 2 fully saturated rings. The number of nitrogens with zero attached hydrogens (tertiary/aromatic N) is 3. The van der Waals surface area contributed by atoms with Crippen LogP contribution in [0.2, 0.25) is 5.02 Å². The van der Waals surface area contributed by atoms with E-state index in [1.807, 2.05) is 23.1 Å². The van der Waals surface area contributed by atoms with Gasteiger partial charge in [0, 0.05) is 49.1 Å². The van der Waals surface area contributed by atoms with Crippen LogP contribution in [0.15, 0.2) is 42.5 Å². The molecule has 0 aliphatic carbocycles. The molecule has 4 rings (SSSR count). The van der Waals surface area contributed by atoms with Gasteiger partial charge in [0.15, 0.2) is 0 Å². The number of phenols is 1. The van der Waals surface area contributed by atoms with Crippen LogP contribution in [-0.4, -0.2) is 73.0 Å². The molecule has 2 aromatic rings. The highest BCUT2D eigenvalue weighted by molar-refractivity contribution is 6.30. The van der Waals surface area contributed by atoms with Crippen LogP contribution in [-0.2, 0) is 9.59 Å². The molecule has 2 N–H and O–H groups in total. The van der Waals surface area contributed by atoms with Gasteiger partial charge in [0.2, 0.25) is 12.3 Å². The number of hydrogen-bond donors (Lipinski definition) is 2. The number of amides is 2. The highest BCUT2D eigenvalue weighted by Crippen LogP contribution is 2.21. The van der Waals surface area contributed by atoms with Crippen LogP contribution in [0.5, 0.6) is 5.75 Å². The molecule has 2 heterocycles. The first-order valence-corrected chi connectivity index (χ1v) is 11.7. The molecule has 2 amide bonds. The smallest absolute Gasteiger partial charge is 0.236 e. The topological polar surface area (TPSA) is 76.1 Å². The lowest BCUT2D eigenvalue weighted by molar-refractivity contribution is -0.132. The summed E-state index contributed by atoms with van der Waals surface area (Å²) in [5, 5.41) is 12.3. The Morgan fingerprint density at radius 2 is 1.91 bits per heavy atom. The molecule has 0 spiro atoms. The van der Waals surface area contributed by atoms with E-state index in [1.54, 1.807) is 25.1 Å². The van der Waals surface area contributed by atoms with Gasteiger partial charge in [0.1, 0.15) is 5.75 Å². The Balaban J connectivity index is 0.000000235. The molecule has 2 aliphatic heterocycles.